The first-order valence-electron chi connectivity index (χ1n) is 4.60. The van der Waals surface area contributed by atoms with Crippen LogP contribution in [0.2, 0.25) is 0 Å². The van der Waals surface area contributed by atoms with Crippen LogP contribution in [0.4, 0.5) is 0 Å². The van der Waals surface area contributed by atoms with Gasteiger partial charge >= 0.3 is 5.97 Å². The van der Waals surface area contributed by atoms with E-state index in [0.29, 0.717) is 0 Å². The third-order valence-electron chi connectivity index (χ3n) is 1.98. The van der Waals surface area contributed by atoms with Crippen LogP contribution in [0.5, 0.6) is 0 Å². The molecule has 1 fully saturated rings. The van der Waals surface area contributed by atoms with Crippen LogP contribution in [0.3, 0.4) is 0 Å². The number of unbranched alkanes of at least 4 members (excludes halogenated alkanes) is 2. The molecule has 3 nitrogen and oxygen atoms in total. The van der Waals surface area contributed by atoms with E-state index >= 15 is 0 Å². The predicted molar refractivity (Wildman–Crippen MR) is 44.6 cm³/mol. The van der Waals surface area contributed by atoms with Crippen molar-refractivity contribution in [3.63, 3.8) is 0 Å². The zero-order valence-corrected chi connectivity index (χ0v) is 7.71. The maximum atomic E-state index is 10.9. The van der Waals surface area contributed by atoms with E-state index in [1.807, 2.05) is 0 Å². The monoisotopic (exact) mass is 172 g/mol. The lowest BCUT2D eigenvalue weighted by atomic mass is 10.2. The Hall–Kier alpha value is -0.570. The number of esters is 1. The average molecular weight is 172 g/mol. The van der Waals surface area contributed by atoms with E-state index in [1.165, 1.54) is 12.8 Å². The maximum absolute atomic E-state index is 10.9. The minimum absolute atomic E-state index is 0.225. The molecule has 1 aliphatic rings. The highest BCUT2D eigenvalue weighted by Crippen LogP contribution is 2.17. The normalized spacial score (nSPS) is 29.0. The summed E-state index contributed by atoms with van der Waals surface area (Å²) in [6, 6.07) is 0. The van der Waals surface area contributed by atoms with Gasteiger partial charge in [0, 0.05) is 6.42 Å². The highest BCUT2D eigenvalue weighted by Gasteiger charge is 2.30. The Balaban J connectivity index is 2.14. The highest BCUT2D eigenvalue weighted by molar-refractivity contribution is 5.75. The molecule has 0 aromatic heterocycles. The molecule has 3 heteroatoms. The summed E-state index contributed by atoms with van der Waals surface area (Å²) in [7, 11) is 0. The van der Waals surface area contributed by atoms with Crippen LogP contribution in [-0.4, -0.2) is 18.4 Å². The summed E-state index contributed by atoms with van der Waals surface area (Å²) in [4.78, 5) is 10.9. The number of rotatable bonds is 4. The number of hydrogen-bond donors (Lipinski definition) is 0. The van der Waals surface area contributed by atoms with Gasteiger partial charge in [-0.15, -0.1) is 0 Å². The van der Waals surface area contributed by atoms with Crippen LogP contribution in [0, 0.1) is 0 Å². The first-order chi connectivity index (χ1) is 5.74. The topological polar surface area (TPSA) is 35.5 Å². The minimum atomic E-state index is -0.364. The first-order valence-corrected chi connectivity index (χ1v) is 4.60. The molecule has 0 aromatic carbocycles. The summed E-state index contributed by atoms with van der Waals surface area (Å²) in [6.07, 6.45) is 3.61. The molecule has 1 saturated heterocycles. The average Bonchev–Trinajstić information content (AvgIpc) is 2.32. The molecule has 1 heterocycles. The second-order valence-electron chi connectivity index (χ2n) is 3.14. The molecule has 0 aliphatic carbocycles. The van der Waals surface area contributed by atoms with E-state index in [9.17, 15) is 4.79 Å². The maximum Gasteiger partial charge on any atom is 0.337 e. The van der Waals surface area contributed by atoms with Crippen molar-refractivity contribution in [3.8, 4) is 0 Å². The molecule has 70 valence electrons. The number of carbonyl (C=O) groups excluding carboxylic acids is 1. The standard InChI is InChI=1S/C9H16O3/c1-3-4-5-6-8-11-7(2)9(10)12-8/h7-8H,3-6H2,1-2H3/t7-,8?/m0/s1. The van der Waals surface area contributed by atoms with E-state index in [-0.39, 0.29) is 18.4 Å². The lowest BCUT2D eigenvalue weighted by molar-refractivity contribution is -0.143. The van der Waals surface area contributed by atoms with Crippen molar-refractivity contribution in [2.24, 2.45) is 0 Å². The summed E-state index contributed by atoms with van der Waals surface area (Å²) in [5, 5.41) is 0. The molecular formula is C9H16O3. The van der Waals surface area contributed by atoms with Crippen molar-refractivity contribution in [1.82, 2.24) is 0 Å². The number of cyclic esters (lactones) is 1. The SMILES string of the molecule is CCCCCC1OC(=O)[C@H](C)O1. The third kappa shape index (κ3) is 2.48. The van der Waals surface area contributed by atoms with Gasteiger partial charge in [-0.2, -0.15) is 0 Å². The van der Waals surface area contributed by atoms with Crippen molar-refractivity contribution in [2.75, 3.05) is 0 Å². The van der Waals surface area contributed by atoms with Crippen LogP contribution in [0.1, 0.15) is 39.5 Å². The number of hydrogen-bond acceptors (Lipinski definition) is 3. The molecule has 1 rings (SSSR count). The Morgan fingerprint density at radius 2 is 2.17 bits per heavy atom. The van der Waals surface area contributed by atoms with Crippen LogP contribution >= 0.6 is 0 Å². The summed E-state index contributed by atoms with van der Waals surface area (Å²) >= 11 is 0. The van der Waals surface area contributed by atoms with Crippen LogP contribution in [0.25, 0.3) is 0 Å². The molecule has 0 spiro atoms. The molecule has 0 radical (unpaired) electrons. The van der Waals surface area contributed by atoms with E-state index in [2.05, 4.69) is 6.92 Å². The van der Waals surface area contributed by atoms with Gasteiger partial charge in [0.25, 0.3) is 0 Å². The van der Waals surface area contributed by atoms with Crippen LogP contribution in [-0.2, 0) is 14.3 Å². The Morgan fingerprint density at radius 1 is 1.42 bits per heavy atom. The van der Waals surface area contributed by atoms with Gasteiger partial charge in [0.1, 0.15) is 0 Å². The zero-order valence-electron chi connectivity index (χ0n) is 7.71. The molecule has 2 atom stereocenters. The molecular weight excluding hydrogens is 156 g/mol. The van der Waals surface area contributed by atoms with Crippen molar-refractivity contribution < 1.29 is 14.3 Å². The number of ether oxygens (including phenoxy) is 2. The Morgan fingerprint density at radius 3 is 2.67 bits per heavy atom. The molecule has 0 saturated carbocycles. The molecule has 0 aromatic rings. The van der Waals surface area contributed by atoms with Gasteiger partial charge in [-0.25, -0.2) is 4.79 Å². The Bertz CT molecular complexity index is 156. The lowest BCUT2D eigenvalue weighted by Gasteiger charge is -2.06. The minimum Gasteiger partial charge on any atom is -0.434 e. The summed E-state index contributed by atoms with van der Waals surface area (Å²) in [5.74, 6) is -0.225. The van der Waals surface area contributed by atoms with Gasteiger partial charge in [-0.3, -0.25) is 0 Å². The van der Waals surface area contributed by atoms with Gasteiger partial charge in [0.2, 0.25) is 6.29 Å². The van der Waals surface area contributed by atoms with Crippen molar-refractivity contribution in [1.29, 1.82) is 0 Å². The van der Waals surface area contributed by atoms with Gasteiger partial charge in [0.15, 0.2) is 6.10 Å². The Kier molecular flexibility index (Phi) is 3.53. The molecule has 0 N–H and O–H groups in total. The van der Waals surface area contributed by atoms with E-state index in [4.69, 9.17) is 9.47 Å². The number of carbonyl (C=O) groups is 1. The van der Waals surface area contributed by atoms with Crippen LogP contribution < -0.4 is 0 Å². The fourth-order valence-electron chi connectivity index (χ4n) is 1.22. The predicted octanol–water partition coefficient (Wildman–Crippen LogP) is 1.85. The van der Waals surface area contributed by atoms with Gasteiger partial charge in [-0.1, -0.05) is 19.8 Å². The smallest absolute Gasteiger partial charge is 0.337 e. The Labute approximate surface area is 73.0 Å². The van der Waals surface area contributed by atoms with Gasteiger partial charge in [0.05, 0.1) is 0 Å². The summed E-state index contributed by atoms with van der Waals surface area (Å²) in [5.41, 5.74) is 0. The molecule has 1 aliphatic heterocycles. The second kappa shape index (κ2) is 4.45. The van der Waals surface area contributed by atoms with Crippen molar-refractivity contribution in [3.05, 3.63) is 0 Å². The second-order valence-corrected chi connectivity index (χ2v) is 3.14. The van der Waals surface area contributed by atoms with Crippen LogP contribution in [0.15, 0.2) is 0 Å². The molecule has 0 amide bonds. The lowest BCUT2D eigenvalue weighted by Crippen LogP contribution is -2.10. The van der Waals surface area contributed by atoms with Crippen molar-refractivity contribution >= 4 is 5.97 Å². The summed E-state index contributed by atoms with van der Waals surface area (Å²) in [6.45, 7) is 3.87. The zero-order chi connectivity index (χ0) is 8.97. The third-order valence-corrected chi connectivity index (χ3v) is 1.98. The van der Waals surface area contributed by atoms with Gasteiger partial charge in [-0.05, 0) is 13.3 Å². The van der Waals surface area contributed by atoms with E-state index in [0.717, 1.165) is 12.8 Å². The van der Waals surface area contributed by atoms with Gasteiger partial charge < -0.3 is 9.47 Å². The fraction of sp³-hybridized carbons (Fsp3) is 0.889. The first kappa shape index (κ1) is 9.52. The highest BCUT2D eigenvalue weighted by atomic mass is 16.7. The summed E-state index contributed by atoms with van der Waals surface area (Å²) < 4.78 is 10.2. The fourth-order valence-corrected chi connectivity index (χ4v) is 1.22. The largest absolute Gasteiger partial charge is 0.434 e. The molecule has 12 heavy (non-hydrogen) atoms. The van der Waals surface area contributed by atoms with E-state index < -0.39 is 0 Å². The molecule has 0 bridgehead atoms. The van der Waals surface area contributed by atoms with E-state index in [1.54, 1.807) is 6.92 Å². The molecule has 1 unspecified atom stereocenters. The quantitative estimate of drug-likeness (QED) is 0.479. The van der Waals surface area contributed by atoms with Crippen molar-refractivity contribution in [2.45, 2.75) is 51.9 Å².